The molecule has 0 aliphatic heterocycles. The van der Waals surface area contributed by atoms with Crippen LogP contribution in [0, 0.1) is 0 Å². The van der Waals surface area contributed by atoms with Crippen molar-refractivity contribution in [2.75, 3.05) is 39.5 Å². The van der Waals surface area contributed by atoms with Crippen LogP contribution in [0.2, 0.25) is 0 Å². The van der Waals surface area contributed by atoms with E-state index in [2.05, 4.69) is 0 Å². The first-order valence-corrected chi connectivity index (χ1v) is 3.40. The maximum atomic E-state index is 8.48. The second-order valence-electron chi connectivity index (χ2n) is 2.01. The van der Waals surface area contributed by atoms with Gasteiger partial charge in [0.2, 0.25) is 0 Å². The topological polar surface area (TPSA) is 63.9 Å². The SMILES string of the molecule is OCCN(CCO)CCO.[Ni]. The predicted octanol–water partition coefficient (Wildman–Crippen LogP) is -1.74. The molecule has 4 nitrogen and oxygen atoms in total. The molecule has 0 bridgehead atoms. The summed E-state index contributed by atoms with van der Waals surface area (Å²) in [7, 11) is 0. The van der Waals surface area contributed by atoms with Crippen molar-refractivity contribution in [2.24, 2.45) is 0 Å². The van der Waals surface area contributed by atoms with Crippen molar-refractivity contribution in [3.05, 3.63) is 0 Å². The van der Waals surface area contributed by atoms with Gasteiger partial charge in [-0.2, -0.15) is 0 Å². The Hall–Kier alpha value is 0.334. The van der Waals surface area contributed by atoms with Gasteiger partial charge in [0.1, 0.15) is 0 Å². The van der Waals surface area contributed by atoms with Gasteiger partial charge in [0, 0.05) is 36.1 Å². The van der Waals surface area contributed by atoms with Crippen LogP contribution in [0.5, 0.6) is 0 Å². The summed E-state index contributed by atoms with van der Waals surface area (Å²) in [6, 6.07) is 0. The van der Waals surface area contributed by atoms with Gasteiger partial charge in [-0.15, -0.1) is 0 Å². The fraction of sp³-hybridized carbons (Fsp3) is 1.00. The monoisotopic (exact) mass is 207 g/mol. The van der Waals surface area contributed by atoms with Crippen LogP contribution in [0.25, 0.3) is 0 Å². The molecule has 0 aromatic rings. The van der Waals surface area contributed by atoms with Gasteiger partial charge >= 0.3 is 0 Å². The van der Waals surface area contributed by atoms with E-state index in [1.165, 1.54) is 0 Å². The molecule has 0 saturated heterocycles. The maximum absolute atomic E-state index is 8.48. The Morgan fingerprint density at radius 1 is 0.727 bits per heavy atom. The number of aliphatic hydroxyl groups is 3. The molecule has 0 aliphatic rings. The van der Waals surface area contributed by atoms with Crippen molar-refractivity contribution < 1.29 is 31.8 Å². The Labute approximate surface area is 76.8 Å². The van der Waals surface area contributed by atoms with Crippen LogP contribution in [0.15, 0.2) is 0 Å². The van der Waals surface area contributed by atoms with Gasteiger partial charge in [-0.3, -0.25) is 4.90 Å². The van der Waals surface area contributed by atoms with E-state index in [-0.39, 0.29) is 36.3 Å². The normalized spacial score (nSPS) is 9.82. The van der Waals surface area contributed by atoms with Gasteiger partial charge in [-0.05, 0) is 0 Å². The second-order valence-corrected chi connectivity index (χ2v) is 2.01. The summed E-state index contributed by atoms with van der Waals surface area (Å²) in [5.74, 6) is 0. The van der Waals surface area contributed by atoms with Crippen LogP contribution in [-0.4, -0.2) is 59.7 Å². The standard InChI is InChI=1S/C6H15NO3.Ni/c8-4-1-7(2-5-9)3-6-10;/h8-10H,1-6H2;. The zero-order valence-corrected chi connectivity index (χ0v) is 7.34. The van der Waals surface area contributed by atoms with E-state index < -0.39 is 0 Å². The molecule has 0 rings (SSSR count). The molecule has 0 fully saturated rings. The minimum absolute atomic E-state index is 0. The average molecular weight is 208 g/mol. The molecule has 0 aromatic heterocycles. The van der Waals surface area contributed by atoms with E-state index in [0.29, 0.717) is 19.6 Å². The molecule has 0 unspecified atom stereocenters. The molecule has 0 spiro atoms. The minimum Gasteiger partial charge on any atom is -0.395 e. The summed E-state index contributed by atoms with van der Waals surface area (Å²) in [5.41, 5.74) is 0. The largest absolute Gasteiger partial charge is 0.395 e. The van der Waals surface area contributed by atoms with E-state index in [0.717, 1.165) is 0 Å². The van der Waals surface area contributed by atoms with Crippen LogP contribution in [-0.2, 0) is 16.5 Å². The fourth-order valence-electron chi connectivity index (χ4n) is 0.760. The molecule has 72 valence electrons. The molecule has 0 amide bonds. The predicted molar refractivity (Wildman–Crippen MR) is 37.7 cm³/mol. The van der Waals surface area contributed by atoms with Gasteiger partial charge < -0.3 is 15.3 Å². The minimum atomic E-state index is 0. The summed E-state index contributed by atoms with van der Waals surface area (Å²) >= 11 is 0. The number of aliphatic hydroxyl groups excluding tert-OH is 3. The Morgan fingerprint density at radius 2 is 1.00 bits per heavy atom. The molecule has 0 heterocycles. The molecule has 5 heteroatoms. The van der Waals surface area contributed by atoms with E-state index in [1.54, 1.807) is 4.90 Å². The molecule has 0 atom stereocenters. The Kier molecular flexibility index (Phi) is 13.1. The van der Waals surface area contributed by atoms with Crippen molar-refractivity contribution in [1.82, 2.24) is 4.90 Å². The summed E-state index contributed by atoms with van der Waals surface area (Å²) in [6.07, 6.45) is 0. The Balaban J connectivity index is 0. The zero-order chi connectivity index (χ0) is 7.82. The van der Waals surface area contributed by atoms with Crippen molar-refractivity contribution >= 4 is 0 Å². The third kappa shape index (κ3) is 8.24. The molecule has 11 heavy (non-hydrogen) atoms. The smallest absolute Gasteiger partial charge is 0.0558 e. The fourth-order valence-corrected chi connectivity index (χ4v) is 0.760. The van der Waals surface area contributed by atoms with E-state index in [1.807, 2.05) is 0 Å². The number of hydrogen-bond donors (Lipinski definition) is 3. The van der Waals surface area contributed by atoms with Gasteiger partial charge in [0.05, 0.1) is 19.8 Å². The maximum Gasteiger partial charge on any atom is 0.0558 e. The van der Waals surface area contributed by atoms with Crippen LogP contribution in [0.3, 0.4) is 0 Å². The van der Waals surface area contributed by atoms with Crippen LogP contribution in [0.4, 0.5) is 0 Å². The van der Waals surface area contributed by atoms with E-state index >= 15 is 0 Å². The summed E-state index contributed by atoms with van der Waals surface area (Å²) in [5, 5.41) is 25.5. The van der Waals surface area contributed by atoms with Crippen LogP contribution < -0.4 is 0 Å². The third-order valence-corrected chi connectivity index (χ3v) is 1.25. The molecule has 0 saturated carbocycles. The van der Waals surface area contributed by atoms with Crippen LogP contribution in [0.1, 0.15) is 0 Å². The first-order chi connectivity index (χ1) is 4.85. The number of nitrogens with zero attached hydrogens (tertiary/aromatic N) is 1. The molecular formula is C6H15NNiO3. The van der Waals surface area contributed by atoms with E-state index in [9.17, 15) is 0 Å². The van der Waals surface area contributed by atoms with Gasteiger partial charge in [0.25, 0.3) is 0 Å². The first-order valence-electron chi connectivity index (χ1n) is 3.40. The summed E-state index contributed by atoms with van der Waals surface area (Å²) in [6.45, 7) is 1.75. The number of hydrogen-bond acceptors (Lipinski definition) is 4. The summed E-state index contributed by atoms with van der Waals surface area (Å²) < 4.78 is 0. The van der Waals surface area contributed by atoms with Crippen molar-refractivity contribution in [2.45, 2.75) is 0 Å². The zero-order valence-electron chi connectivity index (χ0n) is 6.35. The number of rotatable bonds is 6. The first kappa shape index (κ1) is 13.9. The molecule has 0 aliphatic carbocycles. The molecule has 0 radical (unpaired) electrons. The quantitative estimate of drug-likeness (QED) is 0.453. The van der Waals surface area contributed by atoms with E-state index in [4.69, 9.17) is 15.3 Å². The van der Waals surface area contributed by atoms with Gasteiger partial charge in [-0.25, -0.2) is 0 Å². The average Bonchev–Trinajstić information content (AvgIpc) is 1.90. The third-order valence-electron chi connectivity index (χ3n) is 1.25. The second kappa shape index (κ2) is 10.3. The van der Waals surface area contributed by atoms with Crippen molar-refractivity contribution in [1.29, 1.82) is 0 Å². The molecule has 3 N–H and O–H groups in total. The van der Waals surface area contributed by atoms with Gasteiger partial charge in [-0.1, -0.05) is 0 Å². The molecular weight excluding hydrogens is 193 g/mol. The van der Waals surface area contributed by atoms with Crippen LogP contribution >= 0.6 is 0 Å². The molecule has 0 aromatic carbocycles. The Bertz CT molecular complexity index is 60.6. The van der Waals surface area contributed by atoms with Crippen molar-refractivity contribution in [3.63, 3.8) is 0 Å². The summed E-state index contributed by atoms with van der Waals surface area (Å²) in [4.78, 5) is 1.79. The van der Waals surface area contributed by atoms with Crippen molar-refractivity contribution in [3.8, 4) is 0 Å². The Morgan fingerprint density at radius 3 is 1.18 bits per heavy atom. The van der Waals surface area contributed by atoms with Gasteiger partial charge in [0.15, 0.2) is 0 Å².